The predicted octanol–water partition coefficient (Wildman–Crippen LogP) is 2.84. The zero-order chi connectivity index (χ0) is 14.7. The van der Waals surface area contributed by atoms with E-state index in [2.05, 4.69) is 41.8 Å². The van der Waals surface area contributed by atoms with Crippen LogP contribution in [0.2, 0.25) is 0 Å². The lowest BCUT2D eigenvalue weighted by Crippen LogP contribution is -2.50. The highest BCUT2D eigenvalue weighted by molar-refractivity contribution is 5.87. The predicted molar refractivity (Wildman–Crippen MR) is 86.0 cm³/mol. The third-order valence-electron chi connectivity index (χ3n) is 4.39. The summed E-state index contributed by atoms with van der Waals surface area (Å²) < 4.78 is 0. The lowest BCUT2D eigenvalue weighted by Gasteiger charge is -2.29. The van der Waals surface area contributed by atoms with E-state index < -0.39 is 0 Å². The molecule has 0 aromatic heterocycles. The summed E-state index contributed by atoms with van der Waals surface area (Å²) in [6.45, 7) is 3.68. The Morgan fingerprint density at radius 3 is 2.90 bits per heavy atom. The van der Waals surface area contributed by atoms with Crippen LogP contribution in [0.3, 0.4) is 0 Å². The van der Waals surface area contributed by atoms with E-state index in [0.717, 1.165) is 19.4 Å². The van der Waals surface area contributed by atoms with Crippen molar-refractivity contribution >= 4 is 16.7 Å². The third-order valence-corrected chi connectivity index (χ3v) is 4.39. The Hall–Kier alpha value is -1.87. The molecule has 3 rings (SSSR count). The van der Waals surface area contributed by atoms with Crippen molar-refractivity contribution in [1.82, 2.24) is 10.6 Å². The standard InChI is InChI=1S/C18H22N2O/c1-13-6-5-11-19-17(13)18(21)20-12-15-9-4-8-14-7-2-3-10-16(14)15/h2-4,7-10,13,17,19H,5-6,11-12H2,1H3,(H,20,21). The quantitative estimate of drug-likeness (QED) is 0.909. The van der Waals surface area contributed by atoms with Crippen LogP contribution in [0.25, 0.3) is 10.8 Å². The Bertz CT molecular complexity index is 633. The number of carbonyl (C=O) groups excluding carboxylic acids is 1. The van der Waals surface area contributed by atoms with Gasteiger partial charge >= 0.3 is 0 Å². The molecule has 2 aromatic rings. The Balaban J connectivity index is 1.70. The molecule has 3 nitrogen and oxygen atoms in total. The summed E-state index contributed by atoms with van der Waals surface area (Å²) in [7, 11) is 0. The zero-order valence-electron chi connectivity index (χ0n) is 12.4. The van der Waals surface area contributed by atoms with Crippen molar-refractivity contribution in [2.75, 3.05) is 6.54 Å². The second-order valence-electron chi connectivity index (χ2n) is 5.91. The molecule has 1 aliphatic heterocycles. The van der Waals surface area contributed by atoms with E-state index in [9.17, 15) is 4.79 Å². The van der Waals surface area contributed by atoms with Crippen LogP contribution in [0.4, 0.5) is 0 Å². The summed E-state index contributed by atoms with van der Waals surface area (Å²) in [6, 6.07) is 14.5. The molecule has 2 atom stereocenters. The normalized spacial score (nSPS) is 22.1. The van der Waals surface area contributed by atoms with Gasteiger partial charge in [-0.25, -0.2) is 0 Å². The molecule has 0 bridgehead atoms. The molecule has 0 saturated carbocycles. The van der Waals surface area contributed by atoms with Crippen LogP contribution < -0.4 is 10.6 Å². The smallest absolute Gasteiger partial charge is 0.237 e. The molecule has 2 unspecified atom stereocenters. The van der Waals surface area contributed by atoms with Crippen molar-refractivity contribution in [2.45, 2.75) is 32.4 Å². The maximum absolute atomic E-state index is 12.3. The van der Waals surface area contributed by atoms with Gasteiger partial charge < -0.3 is 10.6 Å². The molecule has 1 aliphatic rings. The van der Waals surface area contributed by atoms with Gasteiger partial charge in [-0.2, -0.15) is 0 Å². The number of fused-ring (bicyclic) bond motifs is 1. The zero-order valence-corrected chi connectivity index (χ0v) is 12.4. The fourth-order valence-corrected chi connectivity index (χ4v) is 3.14. The second kappa shape index (κ2) is 6.27. The molecule has 1 saturated heterocycles. The van der Waals surface area contributed by atoms with Crippen molar-refractivity contribution in [3.8, 4) is 0 Å². The topological polar surface area (TPSA) is 41.1 Å². The highest BCUT2D eigenvalue weighted by atomic mass is 16.2. The van der Waals surface area contributed by atoms with Crippen molar-refractivity contribution in [2.24, 2.45) is 5.92 Å². The summed E-state index contributed by atoms with van der Waals surface area (Å²) in [5.41, 5.74) is 1.17. The van der Waals surface area contributed by atoms with Gasteiger partial charge in [-0.05, 0) is 41.6 Å². The molecule has 0 spiro atoms. The lowest BCUT2D eigenvalue weighted by atomic mass is 9.92. The number of rotatable bonds is 3. The van der Waals surface area contributed by atoms with Gasteiger partial charge in [0.2, 0.25) is 5.91 Å². The van der Waals surface area contributed by atoms with Gasteiger partial charge in [0, 0.05) is 6.54 Å². The number of amides is 1. The first-order valence-corrected chi connectivity index (χ1v) is 7.73. The summed E-state index contributed by atoms with van der Waals surface area (Å²) >= 11 is 0. The van der Waals surface area contributed by atoms with Gasteiger partial charge in [0.25, 0.3) is 0 Å². The Morgan fingerprint density at radius 1 is 1.24 bits per heavy atom. The Morgan fingerprint density at radius 2 is 2.05 bits per heavy atom. The van der Waals surface area contributed by atoms with Gasteiger partial charge in [0.1, 0.15) is 0 Å². The third kappa shape index (κ3) is 3.08. The van der Waals surface area contributed by atoms with Crippen LogP contribution >= 0.6 is 0 Å². The van der Waals surface area contributed by atoms with Gasteiger partial charge in [-0.3, -0.25) is 4.79 Å². The molecule has 2 N–H and O–H groups in total. The maximum atomic E-state index is 12.3. The molecule has 3 heteroatoms. The molecule has 1 fully saturated rings. The molecule has 0 radical (unpaired) electrons. The van der Waals surface area contributed by atoms with Gasteiger partial charge in [-0.15, -0.1) is 0 Å². The van der Waals surface area contributed by atoms with Crippen molar-refractivity contribution < 1.29 is 4.79 Å². The Kier molecular flexibility index (Phi) is 4.20. The monoisotopic (exact) mass is 282 g/mol. The number of benzene rings is 2. The molecular weight excluding hydrogens is 260 g/mol. The van der Waals surface area contributed by atoms with E-state index in [1.54, 1.807) is 0 Å². The SMILES string of the molecule is CC1CCCNC1C(=O)NCc1cccc2ccccc12. The summed E-state index contributed by atoms with van der Waals surface area (Å²) in [4.78, 5) is 12.3. The van der Waals surface area contributed by atoms with Crippen LogP contribution in [0, 0.1) is 5.92 Å². The largest absolute Gasteiger partial charge is 0.351 e. The minimum absolute atomic E-state index is 0.0475. The van der Waals surface area contributed by atoms with Gasteiger partial charge in [0.05, 0.1) is 6.04 Å². The van der Waals surface area contributed by atoms with E-state index in [1.807, 2.05) is 18.2 Å². The Labute approximate surface area is 125 Å². The summed E-state index contributed by atoms with van der Waals surface area (Å²) in [5.74, 6) is 0.529. The van der Waals surface area contributed by atoms with Crippen LogP contribution in [0.5, 0.6) is 0 Å². The average Bonchev–Trinajstić information content (AvgIpc) is 2.53. The maximum Gasteiger partial charge on any atom is 0.237 e. The van der Waals surface area contributed by atoms with Crippen LogP contribution in [0.15, 0.2) is 42.5 Å². The number of nitrogens with one attached hydrogen (secondary N) is 2. The first-order chi connectivity index (χ1) is 10.3. The first kappa shape index (κ1) is 14.1. The minimum atomic E-state index is -0.0475. The van der Waals surface area contributed by atoms with Crippen LogP contribution in [-0.2, 0) is 11.3 Å². The molecular formula is C18H22N2O. The van der Waals surface area contributed by atoms with E-state index in [4.69, 9.17) is 0 Å². The van der Waals surface area contributed by atoms with Gasteiger partial charge in [0.15, 0.2) is 0 Å². The minimum Gasteiger partial charge on any atom is -0.351 e. The summed E-state index contributed by atoms with van der Waals surface area (Å²) in [6.07, 6.45) is 2.29. The number of piperidine rings is 1. The highest BCUT2D eigenvalue weighted by Gasteiger charge is 2.26. The van der Waals surface area contributed by atoms with E-state index in [-0.39, 0.29) is 11.9 Å². The molecule has 21 heavy (non-hydrogen) atoms. The fourth-order valence-electron chi connectivity index (χ4n) is 3.14. The number of hydrogen-bond donors (Lipinski definition) is 2. The molecule has 2 aromatic carbocycles. The van der Waals surface area contributed by atoms with Crippen LogP contribution in [0.1, 0.15) is 25.3 Å². The number of hydrogen-bond acceptors (Lipinski definition) is 2. The van der Waals surface area contributed by atoms with E-state index >= 15 is 0 Å². The molecule has 110 valence electrons. The first-order valence-electron chi connectivity index (χ1n) is 7.73. The molecule has 0 aliphatic carbocycles. The molecule has 1 heterocycles. The summed E-state index contributed by atoms with van der Waals surface area (Å²) in [5, 5.41) is 8.85. The number of carbonyl (C=O) groups is 1. The fraction of sp³-hybridized carbons (Fsp3) is 0.389. The average molecular weight is 282 g/mol. The van der Waals surface area contributed by atoms with Crippen LogP contribution in [-0.4, -0.2) is 18.5 Å². The van der Waals surface area contributed by atoms with Crippen molar-refractivity contribution in [3.05, 3.63) is 48.0 Å². The van der Waals surface area contributed by atoms with E-state index in [1.165, 1.54) is 16.3 Å². The van der Waals surface area contributed by atoms with Crippen molar-refractivity contribution in [1.29, 1.82) is 0 Å². The molecule has 1 amide bonds. The van der Waals surface area contributed by atoms with Crippen molar-refractivity contribution in [3.63, 3.8) is 0 Å². The van der Waals surface area contributed by atoms with E-state index in [0.29, 0.717) is 12.5 Å². The second-order valence-corrected chi connectivity index (χ2v) is 5.91. The lowest BCUT2D eigenvalue weighted by molar-refractivity contribution is -0.125. The van der Waals surface area contributed by atoms with Gasteiger partial charge in [-0.1, -0.05) is 49.4 Å². The highest BCUT2D eigenvalue weighted by Crippen LogP contribution is 2.19.